The van der Waals surface area contributed by atoms with E-state index in [2.05, 4.69) is 37.8 Å². The van der Waals surface area contributed by atoms with Crippen molar-refractivity contribution in [3.8, 4) is 0 Å². The molecule has 3 N–H and O–H groups in total. The second kappa shape index (κ2) is 11.9. The maximum atomic E-state index is 5.51. The number of nitrogens with one attached hydrogen (secondary N) is 3. The summed E-state index contributed by atoms with van der Waals surface area (Å²) < 4.78 is 10.6. The van der Waals surface area contributed by atoms with Crippen molar-refractivity contribution in [2.75, 3.05) is 51.9 Å². The van der Waals surface area contributed by atoms with Crippen LogP contribution >= 0.6 is 0 Å². The van der Waals surface area contributed by atoms with Crippen LogP contribution in [-0.2, 0) is 9.47 Å². The first-order chi connectivity index (χ1) is 16.1. The summed E-state index contributed by atoms with van der Waals surface area (Å²) in [6.07, 6.45) is 9.15. The number of anilines is 1. The number of aliphatic imine (C=N–C) groups is 2. The molecule has 2 aliphatic heterocycles. The third-order valence-corrected chi connectivity index (χ3v) is 7.01. The molecule has 1 aromatic heterocycles. The van der Waals surface area contributed by atoms with E-state index in [1.54, 1.807) is 13.4 Å². The third kappa shape index (κ3) is 7.19. The van der Waals surface area contributed by atoms with E-state index in [4.69, 9.17) is 14.5 Å². The Morgan fingerprint density at radius 1 is 1.12 bits per heavy atom. The van der Waals surface area contributed by atoms with Gasteiger partial charge in [0.15, 0.2) is 0 Å². The van der Waals surface area contributed by atoms with Gasteiger partial charge in [-0.2, -0.15) is 0 Å². The highest BCUT2D eigenvalue weighted by Gasteiger charge is 2.27. The van der Waals surface area contributed by atoms with Crippen molar-refractivity contribution in [2.24, 2.45) is 15.4 Å². The molecule has 4 rings (SSSR count). The van der Waals surface area contributed by atoms with Gasteiger partial charge in [0.05, 0.1) is 18.0 Å². The van der Waals surface area contributed by atoms with Crippen molar-refractivity contribution in [2.45, 2.75) is 64.0 Å². The van der Waals surface area contributed by atoms with E-state index in [-0.39, 0.29) is 5.41 Å². The van der Waals surface area contributed by atoms with Crippen LogP contribution in [0.2, 0.25) is 0 Å². The molecule has 0 atom stereocenters. The zero-order valence-corrected chi connectivity index (χ0v) is 20.1. The maximum Gasteiger partial charge on any atom is 0.218 e. The average molecular weight is 458 g/mol. The Balaban J connectivity index is 1.29. The van der Waals surface area contributed by atoms with E-state index in [0.29, 0.717) is 12.1 Å². The van der Waals surface area contributed by atoms with E-state index in [9.17, 15) is 0 Å². The molecule has 2 fully saturated rings. The minimum Gasteiger partial charge on any atom is -0.383 e. The minimum absolute atomic E-state index is 0.244. The predicted molar refractivity (Wildman–Crippen MR) is 131 cm³/mol. The molecule has 3 aliphatic rings. The van der Waals surface area contributed by atoms with Crippen molar-refractivity contribution < 1.29 is 9.47 Å². The first-order valence-corrected chi connectivity index (χ1v) is 12.4. The van der Waals surface area contributed by atoms with Gasteiger partial charge >= 0.3 is 0 Å². The molecule has 1 aliphatic carbocycles. The normalized spacial score (nSPS) is 25.2. The van der Waals surface area contributed by atoms with Crippen LogP contribution in [-0.4, -0.2) is 80.3 Å². The van der Waals surface area contributed by atoms with Crippen molar-refractivity contribution in [3.05, 3.63) is 18.1 Å². The van der Waals surface area contributed by atoms with Crippen molar-refractivity contribution in [1.82, 2.24) is 20.6 Å². The molecule has 9 heteroatoms. The van der Waals surface area contributed by atoms with Gasteiger partial charge in [0.2, 0.25) is 5.96 Å². The summed E-state index contributed by atoms with van der Waals surface area (Å²) in [4.78, 5) is 18.4. The summed E-state index contributed by atoms with van der Waals surface area (Å²) in [6.45, 7) is 7.30. The van der Waals surface area contributed by atoms with Gasteiger partial charge < -0.3 is 25.4 Å². The van der Waals surface area contributed by atoms with E-state index in [1.165, 1.54) is 0 Å². The Morgan fingerprint density at radius 2 is 1.91 bits per heavy atom. The Bertz CT molecular complexity index is 815. The lowest BCUT2D eigenvalue weighted by Gasteiger charge is -2.33. The van der Waals surface area contributed by atoms with Gasteiger partial charge in [-0.25, -0.2) is 15.0 Å². The molecule has 0 bridgehead atoms. The Kier molecular flexibility index (Phi) is 8.63. The predicted octanol–water partition coefficient (Wildman–Crippen LogP) is 2.39. The molecule has 0 radical (unpaired) electrons. The van der Waals surface area contributed by atoms with Gasteiger partial charge in [0.25, 0.3) is 0 Å². The molecule has 1 aromatic rings. The van der Waals surface area contributed by atoms with Gasteiger partial charge in [0, 0.05) is 64.5 Å². The average Bonchev–Trinajstić information content (AvgIpc) is 2.85. The number of hydrogen-bond acceptors (Lipinski definition) is 9. The van der Waals surface area contributed by atoms with Crippen LogP contribution in [0.25, 0.3) is 0 Å². The summed E-state index contributed by atoms with van der Waals surface area (Å²) >= 11 is 0. The summed E-state index contributed by atoms with van der Waals surface area (Å²) in [6, 6.07) is 3.03. The van der Waals surface area contributed by atoms with E-state index < -0.39 is 0 Å². The molecule has 33 heavy (non-hydrogen) atoms. The standard InChI is InChI=1S/C24H39N7O2/c1-24(8-12-33-13-9-24)16-27-22-15-21(28-17-29-22)20-7-10-26-23(31-20)30-19-5-3-18(4-6-19)25-11-14-32-2/h15,17-19,25H,3-14,16H2,1-2H3,(H,26,30)(H,27,28,29). The van der Waals surface area contributed by atoms with Crippen molar-refractivity contribution >= 4 is 17.5 Å². The zero-order valence-electron chi connectivity index (χ0n) is 20.1. The van der Waals surface area contributed by atoms with Gasteiger partial charge in [-0.15, -0.1) is 0 Å². The first-order valence-electron chi connectivity index (χ1n) is 12.4. The molecular weight excluding hydrogens is 418 g/mol. The zero-order chi connectivity index (χ0) is 22.9. The van der Waals surface area contributed by atoms with Gasteiger partial charge in [0.1, 0.15) is 12.1 Å². The number of nitrogens with zero attached hydrogens (tertiary/aromatic N) is 4. The van der Waals surface area contributed by atoms with Gasteiger partial charge in [-0.3, -0.25) is 4.99 Å². The SMILES string of the molecule is COCCNC1CCC(NC2=NCCC(c3cc(NCC4(C)CCOCC4)ncn3)=N2)CC1. The Labute approximate surface area is 197 Å². The monoisotopic (exact) mass is 457 g/mol. The van der Waals surface area contributed by atoms with E-state index in [1.807, 2.05) is 6.07 Å². The largest absolute Gasteiger partial charge is 0.383 e. The second-order valence-corrected chi connectivity index (χ2v) is 9.72. The molecule has 1 saturated carbocycles. The smallest absolute Gasteiger partial charge is 0.218 e. The van der Waals surface area contributed by atoms with Crippen LogP contribution in [0.1, 0.15) is 57.6 Å². The lowest BCUT2D eigenvalue weighted by molar-refractivity contribution is 0.0300. The molecule has 182 valence electrons. The lowest BCUT2D eigenvalue weighted by Crippen LogP contribution is -2.43. The molecular formula is C24H39N7O2. The van der Waals surface area contributed by atoms with Crippen LogP contribution in [0.15, 0.2) is 22.4 Å². The molecule has 3 heterocycles. The summed E-state index contributed by atoms with van der Waals surface area (Å²) in [5.41, 5.74) is 2.10. The highest BCUT2D eigenvalue weighted by Crippen LogP contribution is 2.29. The van der Waals surface area contributed by atoms with Gasteiger partial charge in [-0.1, -0.05) is 6.92 Å². The van der Waals surface area contributed by atoms with E-state index in [0.717, 1.165) is 108 Å². The van der Waals surface area contributed by atoms with Crippen LogP contribution < -0.4 is 16.0 Å². The fourth-order valence-corrected chi connectivity index (χ4v) is 4.70. The fourth-order valence-electron chi connectivity index (χ4n) is 4.70. The first kappa shape index (κ1) is 24.0. The molecule has 0 aromatic carbocycles. The fraction of sp³-hybridized carbons (Fsp3) is 0.750. The highest BCUT2D eigenvalue weighted by molar-refractivity contribution is 6.07. The van der Waals surface area contributed by atoms with Crippen LogP contribution in [0.5, 0.6) is 0 Å². The number of guanidine groups is 1. The van der Waals surface area contributed by atoms with Gasteiger partial charge in [-0.05, 0) is 43.9 Å². The Morgan fingerprint density at radius 3 is 2.70 bits per heavy atom. The van der Waals surface area contributed by atoms with E-state index >= 15 is 0 Å². The summed E-state index contributed by atoms with van der Waals surface area (Å²) in [7, 11) is 1.74. The van der Waals surface area contributed by atoms with Crippen molar-refractivity contribution in [3.63, 3.8) is 0 Å². The highest BCUT2D eigenvalue weighted by atomic mass is 16.5. The molecule has 9 nitrogen and oxygen atoms in total. The topological polar surface area (TPSA) is 105 Å². The summed E-state index contributed by atoms with van der Waals surface area (Å²) in [5, 5.41) is 10.7. The second-order valence-electron chi connectivity index (χ2n) is 9.72. The molecule has 0 unspecified atom stereocenters. The van der Waals surface area contributed by atoms with Crippen LogP contribution in [0.4, 0.5) is 5.82 Å². The number of aromatic nitrogens is 2. The summed E-state index contributed by atoms with van der Waals surface area (Å²) in [5.74, 6) is 1.60. The van der Waals surface area contributed by atoms with Crippen LogP contribution in [0.3, 0.4) is 0 Å². The number of rotatable bonds is 9. The number of hydrogen-bond donors (Lipinski definition) is 3. The lowest BCUT2D eigenvalue weighted by atomic mass is 9.82. The van der Waals surface area contributed by atoms with Crippen LogP contribution in [0, 0.1) is 5.41 Å². The Hall–Kier alpha value is -2.10. The third-order valence-electron chi connectivity index (χ3n) is 7.01. The maximum absolute atomic E-state index is 5.51. The number of ether oxygens (including phenoxy) is 2. The minimum atomic E-state index is 0.244. The molecule has 1 saturated heterocycles. The molecule has 0 amide bonds. The van der Waals surface area contributed by atoms with Crippen molar-refractivity contribution in [1.29, 1.82) is 0 Å². The number of methoxy groups -OCH3 is 1. The molecule has 0 spiro atoms. The quantitative estimate of drug-likeness (QED) is 0.489.